The number of anilines is 1. The van der Waals surface area contributed by atoms with Gasteiger partial charge >= 0.3 is 0 Å². The SMILES string of the molecule is Nc1nccn1CCCC1CCNCC1. The molecule has 1 aromatic heterocycles. The van der Waals surface area contributed by atoms with Gasteiger partial charge in [0.05, 0.1) is 0 Å². The molecule has 84 valence electrons. The number of imidazole rings is 1. The molecule has 1 aliphatic rings. The number of hydrogen-bond acceptors (Lipinski definition) is 3. The zero-order chi connectivity index (χ0) is 10.5. The Balaban J connectivity index is 1.68. The van der Waals surface area contributed by atoms with Crippen molar-refractivity contribution < 1.29 is 0 Å². The first-order chi connectivity index (χ1) is 7.36. The molecule has 0 spiro atoms. The fourth-order valence-corrected chi connectivity index (χ4v) is 2.25. The van der Waals surface area contributed by atoms with Crippen LogP contribution in [0.5, 0.6) is 0 Å². The minimum Gasteiger partial charge on any atom is -0.369 e. The summed E-state index contributed by atoms with van der Waals surface area (Å²) in [6.45, 7) is 3.39. The fraction of sp³-hybridized carbons (Fsp3) is 0.727. The lowest BCUT2D eigenvalue weighted by molar-refractivity contribution is 0.340. The normalized spacial score (nSPS) is 18.1. The molecule has 2 heterocycles. The van der Waals surface area contributed by atoms with E-state index in [-0.39, 0.29) is 0 Å². The lowest BCUT2D eigenvalue weighted by Crippen LogP contribution is -2.27. The van der Waals surface area contributed by atoms with Crippen LogP contribution in [0, 0.1) is 5.92 Å². The Kier molecular flexibility index (Phi) is 3.61. The molecule has 1 fully saturated rings. The first kappa shape index (κ1) is 10.5. The third-order valence-corrected chi connectivity index (χ3v) is 3.22. The maximum Gasteiger partial charge on any atom is 0.200 e. The molecule has 0 saturated carbocycles. The maximum absolute atomic E-state index is 5.70. The number of nitrogens with zero attached hydrogens (tertiary/aromatic N) is 2. The second-order valence-electron chi connectivity index (χ2n) is 4.31. The van der Waals surface area contributed by atoms with E-state index in [1.54, 1.807) is 6.20 Å². The third-order valence-electron chi connectivity index (χ3n) is 3.22. The summed E-state index contributed by atoms with van der Waals surface area (Å²) in [5.74, 6) is 1.55. The van der Waals surface area contributed by atoms with Gasteiger partial charge in [-0.2, -0.15) is 0 Å². The van der Waals surface area contributed by atoms with E-state index in [0.717, 1.165) is 12.5 Å². The van der Waals surface area contributed by atoms with Crippen molar-refractivity contribution in [3.05, 3.63) is 12.4 Å². The van der Waals surface area contributed by atoms with Gasteiger partial charge in [0.25, 0.3) is 0 Å². The summed E-state index contributed by atoms with van der Waals surface area (Å²) >= 11 is 0. The number of aryl methyl sites for hydroxylation is 1. The van der Waals surface area contributed by atoms with Gasteiger partial charge in [-0.05, 0) is 44.7 Å². The summed E-state index contributed by atoms with van der Waals surface area (Å²) in [6.07, 6.45) is 8.92. The van der Waals surface area contributed by atoms with Gasteiger partial charge in [0.1, 0.15) is 0 Å². The van der Waals surface area contributed by atoms with E-state index in [2.05, 4.69) is 10.3 Å². The zero-order valence-electron chi connectivity index (χ0n) is 9.15. The quantitative estimate of drug-likeness (QED) is 0.783. The molecule has 0 bridgehead atoms. The molecular formula is C11H20N4. The fourth-order valence-electron chi connectivity index (χ4n) is 2.25. The molecule has 0 atom stereocenters. The van der Waals surface area contributed by atoms with Crippen LogP contribution in [0.4, 0.5) is 5.95 Å². The molecule has 1 aromatic rings. The largest absolute Gasteiger partial charge is 0.369 e. The van der Waals surface area contributed by atoms with Crippen molar-refractivity contribution in [1.29, 1.82) is 0 Å². The van der Waals surface area contributed by atoms with Gasteiger partial charge in [0.2, 0.25) is 0 Å². The van der Waals surface area contributed by atoms with Crippen LogP contribution in [-0.2, 0) is 6.54 Å². The van der Waals surface area contributed by atoms with E-state index in [1.807, 2.05) is 10.8 Å². The molecule has 4 nitrogen and oxygen atoms in total. The Morgan fingerprint density at radius 2 is 2.27 bits per heavy atom. The topological polar surface area (TPSA) is 55.9 Å². The van der Waals surface area contributed by atoms with E-state index in [9.17, 15) is 0 Å². The third kappa shape index (κ3) is 2.96. The van der Waals surface area contributed by atoms with Crippen LogP contribution in [0.2, 0.25) is 0 Å². The first-order valence-corrected chi connectivity index (χ1v) is 5.83. The number of nitrogens with one attached hydrogen (secondary N) is 1. The van der Waals surface area contributed by atoms with Crippen molar-refractivity contribution in [2.45, 2.75) is 32.2 Å². The minimum absolute atomic E-state index is 0.639. The predicted octanol–water partition coefficient (Wildman–Crippen LogP) is 1.25. The highest BCUT2D eigenvalue weighted by Crippen LogP contribution is 2.18. The summed E-state index contributed by atoms with van der Waals surface area (Å²) in [7, 11) is 0. The molecule has 0 aliphatic carbocycles. The molecule has 15 heavy (non-hydrogen) atoms. The highest BCUT2D eigenvalue weighted by molar-refractivity contribution is 5.16. The van der Waals surface area contributed by atoms with Gasteiger partial charge in [0.15, 0.2) is 5.95 Å². The Bertz CT molecular complexity index is 289. The van der Waals surface area contributed by atoms with Crippen LogP contribution in [0.1, 0.15) is 25.7 Å². The average molecular weight is 208 g/mol. The van der Waals surface area contributed by atoms with Crippen molar-refractivity contribution in [3.8, 4) is 0 Å². The average Bonchev–Trinajstić information content (AvgIpc) is 2.66. The van der Waals surface area contributed by atoms with Crippen LogP contribution in [0.25, 0.3) is 0 Å². The van der Waals surface area contributed by atoms with E-state index >= 15 is 0 Å². The van der Waals surface area contributed by atoms with E-state index < -0.39 is 0 Å². The number of rotatable bonds is 4. The monoisotopic (exact) mass is 208 g/mol. The van der Waals surface area contributed by atoms with Crippen molar-refractivity contribution in [2.75, 3.05) is 18.8 Å². The van der Waals surface area contributed by atoms with Crippen molar-refractivity contribution in [3.63, 3.8) is 0 Å². The van der Waals surface area contributed by atoms with E-state index in [1.165, 1.54) is 38.8 Å². The predicted molar refractivity (Wildman–Crippen MR) is 61.5 cm³/mol. The molecule has 1 saturated heterocycles. The Labute approximate surface area is 90.9 Å². The second kappa shape index (κ2) is 5.16. The van der Waals surface area contributed by atoms with Gasteiger partial charge in [-0.25, -0.2) is 4.98 Å². The summed E-state index contributed by atoms with van der Waals surface area (Å²) < 4.78 is 2.03. The molecule has 3 N–H and O–H groups in total. The number of nitrogen functional groups attached to an aromatic ring is 1. The lowest BCUT2D eigenvalue weighted by Gasteiger charge is -2.22. The number of piperidine rings is 1. The van der Waals surface area contributed by atoms with E-state index in [0.29, 0.717) is 5.95 Å². The molecule has 1 aliphatic heterocycles. The van der Waals surface area contributed by atoms with Gasteiger partial charge in [-0.3, -0.25) is 0 Å². The molecule has 0 aromatic carbocycles. The zero-order valence-corrected chi connectivity index (χ0v) is 9.15. The first-order valence-electron chi connectivity index (χ1n) is 5.83. The summed E-state index contributed by atoms with van der Waals surface area (Å²) in [4.78, 5) is 4.01. The minimum atomic E-state index is 0.639. The summed E-state index contributed by atoms with van der Waals surface area (Å²) in [5.41, 5.74) is 5.70. The van der Waals surface area contributed by atoms with E-state index in [4.69, 9.17) is 5.73 Å². The van der Waals surface area contributed by atoms with Crippen LogP contribution >= 0.6 is 0 Å². The van der Waals surface area contributed by atoms with Crippen LogP contribution in [0.3, 0.4) is 0 Å². The maximum atomic E-state index is 5.70. The molecule has 0 radical (unpaired) electrons. The highest BCUT2D eigenvalue weighted by Gasteiger charge is 2.12. The Hall–Kier alpha value is -1.03. The van der Waals surface area contributed by atoms with Crippen molar-refractivity contribution in [2.24, 2.45) is 5.92 Å². The number of aromatic nitrogens is 2. The van der Waals surface area contributed by atoms with Crippen molar-refractivity contribution >= 4 is 5.95 Å². The van der Waals surface area contributed by atoms with Gasteiger partial charge in [0, 0.05) is 18.9 Å². The van der Waals surface area contributed by atoms with Gasteiger partial charge in [-0.1, -0.05) is 0 Å². The summed E-state index contributed by atoms with van der Waals surface area (Å²) in [6, 6.07) is 0. The summed E-state index contributed by atoms with van der Waals surface area (Å²) in [5, 5.41) is 3.39. The Morgan fingerprint density at radius 3 is 2.93 bits per heavy atom. The highest BCUT2D eigenvalue weighted by atomic mass is 15.1. The number of hydrogen-bond donors (Lipinski definition) is 2. The lowest BCUT2D eigenvalue weighted by atomic mass is 9.93. The van der Waals surface area contributed by atoms with Crippen LogP contribution in [0.15, 0.2) is 12.4 Å². The number of nitrogens with two attached hydrogens (primary N) is 1. The standard InChI is InChI=1S/C11H20N4/c12-11-14-7-9-15(11)8-1-2-10-3-5-13-6-4-10/h7,9-10,13H,1-6,8H2,(H2,12,14). The van der Waals surface area contributed by atoms with Gasteiger partial charge < -0.3 is 15.6 Å². The molecule has 2 rings (SSSR count). The molecule has 4 heteroatoms. The molecule has 0 amide bonds. The smallest absolute Gasteiger partial charge is 0.200 e. The van der Waals surface area contributed by atoms with Gasteiger partial charge in [-0.15, -0.1) is 0 Å². The van der Waals surface area contributed by atoms with Crippen LogP contribution < -0.4 is 11.1 Å². The molecular weight excluding hydrogens is 188 g/mol. The second-order valence-corrected chi connectivity index (χ2v) is 4.31. The van der Waals surface area contributed by atoms with Crippen LogP contribution in [-0.4, -0.2) is 22.6 Å². The van der Waals surface area contributed by atoms with Crippen molar-refractivity contribution in [1.82, 2.24) is 14.9 Å². The Morgan fingerprint density at radius 1 is 1.47 bits per heavy atom. The molecule has 0 unspecified atom stereocenters.